The van der Waals surface area contributed by atoms with E-state index in [1.54, 1.807) is 66.7 Å². The molecule has 1 amide bonds. The van der Waals surface area contributed by atoms with E-state index in [2.05, 4.69) is 5.32 Å². The van der Waals surface area contributed by atoms with Crippen LogP contribution in [0.25, 0.3) is 11.1 Å². The molecule has 0 saturated heterocycles. The number of benzene rings is 3. The number of rotatable bonds is 6. The Labute approximate surface area is 178 Å². The molecule has 0 aromatic heterocycles. The number of carbonyl (C=O) groups is 2. The molecule has 1 unspecified atom stereocenters. The smallest absolute Gasteiger partial charge is 0.333 e. The molecule has 0 heterocycles. The monoisotopic (exact) mass is 443 g/mol. The number of hydrogen-bond donors (Lipinski definition) is 1. The third kappa shape index (κ3) is 5.06. The van der Waals surface area contributed by atoms with Gasteiger partial charge in [0.2, 0.25) is 0 Å². The lowest BCUT2D eigenvalue weighted by Gasteiger charge is -2.17. The summed E-state index contributed by atoms with van der Waals surface area (Å²) in [7, 11) is 2.80. The van der Waals surface area contributed by atoms with Gasteiger partial charge in [0.05, 0.1) is 12.0 Å². The SMILES string of the molecule is COC(=O)C(NC(=O)c1ccccc1)c1ccc(-c2ccc(S(=O)(=O)Cl)cc2)cc1. The molecule has 3 aromatic rings. The summed E-state index contributed by atoms with van der Waals surface area (Å²) in [6, 6.07) is 20.6. The molecule has 0 aliphatic rings. The van der Waals surface area contributed by atoms with Gasteiger partial charge < -0.3 is 10.1 Å². The number of ether oxygens (including phenoxy) is 1. The van der Waals surface area contributed by atoms with Crippen LogP contribution in [0.3, 0.4) is 0 Å². The van der Waals surface area contributed by atoms with Gasteiger partial charge in [0, 0.05) is 16.2 Å². The largest absolute Gasteiger partial charge is 0.467 e. The van der Waals surface area contributed by atoms with Crippen LogP contribution in [0.15, 0.2) is 83.8 Å². The lowest BCUT2D eigenvalue weighted by molar-refractivity contribution is -0.143. The molecule has 3 aromatic carbocycles. The Balaban J connectivity index is 1.84. The summed E-state index contributed by atoms with van der Waals surface area (Å²) in [5, 5.41) is 2.69. The van der Waals surface area contributed by atoms with E-state index in [-0.39, 0.29) is 4.90 Å². The molecule has 0 bridgehead atoms. The van der Waals surface area contributed by atoms with Crippen LogP contribution in [-0.4, -0.2) is 27.4 Å². The van der Waals surface area contributed by atoms with E-state index in [0.29, 0.717) is 11.1 Å². The third-order valence-electron chi connectivity index (χ3n) is 4.46. The minimum Gasteiger partial charge on any atom is -0.467 e. The number of hydrogen-bond acceptors (Lipinski definition) is 5. The Bertz CT molecular complexity index is 1140. The van der Waals surface area contributed by atoms with Crippen LogP contribution in [0.4, 0.5) is 0 Å². The van der Waals surface area contributed by atoms with Gasteiger partial charge in [0.1, 0.15) is 0 Å². The highest BCUT2D eigenvalue weighted by atomic mass is 35.7. The average molecular weight is 444 g/mol. The van der Waals surface area contributed by atoms with Gasteiger partial charge in [-0.3, -0.25) is 4.79 Å². The molecule has 0 saturated carbocycles. The minimum absolute atomic E-state index is 0.0129. The molecule has 0 aliphatic carbocycles. The van der Waals surface area contributed by atoms with E-state index in [9.17, 15) is 18.0 Å². The first-order valence-corrected chi connectivity index (χ1v) is 11.2. The van der Waals surface area contributed by atoms with Crippen molar-refractivity contribution in [1.82, 2.24) is 5.32 Å². The van der Waals surface area contributed by atoms with Crippen LogP contribution in [0.5, 0.6) is 0 Å². The lowest BCUT2D eigenvalue weighted by Crippen LogP contribution is -2.34. The standard InChI is InChI=1S/C22H18ClNO5S/c1-29-22(26)20(24-21(25)18-5-3-2-4-6-18)17-9-7-15(8-10-17)16-11-13-19(14-12-16)30(23,27)28/h2-14,20H,1H3,(H,24,25). The van der Waals surface area contributed by atoms with Gasteiger partial charge in [-0.25, -0.2) is 13.2 Å². The summed E-state index contributed by atoms with van der Waals surface area (Å²) in [5.74, 6) is -0.989. The number of halogens is 1. The summed E-state index contributed by atoms with van der Waals surface area (Å²) >= 11 is 0. The topological polar surface area (TPSA) is 89.5 Å². The number of nitrogens with one attached hydrogen (secondary N) is 1. The minimum atomic E-state index is -3.79. The zero-order valence-electron chi connectivity index (χ0n) is 15.9. The molecule has 0 fully saturated rings. The average Bonchev–Trinajstić information content (AvgIpc) is 2.77. The van der Waals surface area contributed by atoms with Gasteiger partial charge in [-0.1, -0.05) is 54.6 Å². The second kappa shape index (κ2) is 9.11. The molecule has 6 nitrogen and oxygen atoms in total. The van der Waals surface area contributed by atoms with Gasteiger partial charge in [-0.05, 0) is 41.0 Å². The molecule has 0 radical (unpaired) electrons. The molecule has 3 rings (SSSR count). The maximum absolute atomic E-state index is 12.5. The van der Waals surface area contributed by atoms with Crippen molar-refractivity contribution in [2.45, 2.75) is 10.9 Å². The molecule has 154 valence electrons. The molecular weight excluding hydrogens is 426 g/mol. The molecule has 30 heavy (non-hydrogen) atoms. The van der Waals surface area contributed by atoms with Gasteiger partial charge in [0.25, 0.3) is 15.0 Å². The fraction of sp³-hybridized carbons (Fsp3) is 0.0909. The molecule has 0 aliphatic heterocycles. The van der Waals surface area contributed by atoms with Crippen LogP contribution in [0.1, 0.15) is 22.0 Å². The number of methoxy groups -OCH3 is 1. The quantitative estimate of drug-likeness (QED) is 0.460. The van der Waals surface area contributed by atoms with E-state index in [1.165, 1.54) is 19.2 Å². The van der Waals surface area contributed by atoms with Gasteiger partial charge in [-0.2, -0.15) is 0 Å². The fourth-order valence-corrected chi connectivity index (χ4v) is 3.65. The van der Waals surface area contributed by atoms with Gasteiger partial charge in [-0.15, -0.1) is 0 Å². The van der Waals surface area contributed by atoms with E-state index in [0.717, 1.165) is 11.1 Å². The summed E-state index contributed by atoms with van der Waals surface area (Å²) < 4.78 is 27.6. The predicted octanol–water partition coefficient (Wildman–Crippen LogP) is 3.93. The van der Waals surface area contributed by atoms with Crippen molar-refractivity contribution in [1.29, 1.82) is 0 Å². The second-order valence-corrected chi connectivity index (χ2v) is 8.95. The second-order valence-electron chi connectivity index (χ2n) is 6.38. The van der Waals surface area contributed by atoms with Crippen molar-refractivity contribution in [2.24, 2.45) is 0 Å². The fourth-order valence-electron chi connectivity index (χ4n) is 2.88. The van der Waals surface area contributed by atoms with Crippen LogP contribution >= 0.6 is 10.7 Å². The highest BCUT2D eigenvalue weighted by Gasteiger charge is 2.24. The molecule has 0 spiro atoms. The Morgan fingerprint density at radius 1 is 0.867 bits per heavy atom. The van der Waals surface area contributed by atoms with Crippen molar-refractivity contribution in [3.05, 3.63) is 90.0 Å². The predicted molar refractivity (Wildman–Crippen MR) is 114 cm³/mol. The molecule has 8 heteroatoms. The number of esters is 1. The van der Waals surface area contributed by atoms with Crippen molar-refractivity contribution in [3.8, 4) is 11.1 Å². The van der Waals surface area contributed by atoms with Crippen molar-refractivity contribution in [2.75, 3.05) is 7.11 Å². The van der Waals surface area contributed by atoms with E-state index >= 15 is 0 Å². The lowest BCUT2D eigenvalue weighted by atomic mass is 10.0. The first-order chi connectivity index (χ1) is 14.3. The summed E-state index contributed by atoms with van der Waals surface area (Å²) in [6.45, 7) is 0. The molecule has 1 N–H and O–H groups in total. The first kappa shape index (κ1) is 21.5. The summed E-state index contributed by atoms with van der Waals surface area (Å²) in [5.41, 5.74) is 2.55. The van der Waals surface area contributed by atoms with Crippen LogP contribution < -0.4 is 5.32 Å². The third-order valence-corrected chi connectivity index (χ3v) is 5.83. The molecular formula is C22H18ClNO5S. The Morgan fingerprint density at radius 2 is 1.40 bits per heavy atom. The zero-order valence-corrected chi connectivity index (χ0v) is 17.5. The van der Waals surface area contributed by atoms with Gasteiger partial charge >= 0.3 is 5.97 Å². The van der Waals surface area contributed by atoms with Crippen LogP contribution in [0, 0.1) is 0 Å². The van der Waals surface area contributed by atoms with Gasteiger partial charge in [0.15, 0.2) is 6.04 Å². The van der Waals surface area contributed by atoms with E-state index in [4.69, 9.17) is 15.4 Å². The zero-order chi connectivity index (χ0) is 21.7. The normalized spacial score (nSPS) is 12.1. The maximum atomic E-state index is 12.5. The Hall–Kier alpha value is -3.16. The maximum Gasteiger partial charge on any atom is 0.333 e. The first-order valence-electron chi connectivity index (χ1n) is 8.88. The van der Waals surface area contributed by atoms with E-state index in [1.807, 2.05) is 0 Å². The highest BCUT2D eigenvalue weighted by molar-refractivity contribution is 8.13. The Morgan fingerprint density at radius 3 is 1.90 bits per heavy atom. The van der Waals surface area contributed by atoms with Crippen molar-refractivity contribution in [3.63, 3.8) is 0 Å². The van der Waals surface area contributed by atoms with Crippen LogP contribution in [0.2, 0.25) is 0 Å². The van der Waals surface area contributed by atoms with Crippen molar-refractivity contribution < 1.29 is 22.7 Å². The van der Waals surface area contributed by atoms with Crippen LogP contribution in [-0.2, 0) is 18.6 Å². The molecule has 1 atom stereocenters. The Kier molecular flexibility index (Phi) is 6.54. The van der Waals surface area contributed by atoms with Crippen molar-refractivity contribution >= 4 is 31.6 Å². The number of carbonyl (C=O) groups excluding carboxylic acids is 2. The van der Waals surface area contributed by atoms with E-state index < -0.39 is 27.0 Å². The highest BCUT2D eigenvalue weighted by Crippen LogP contribution is 2.25. The summed E-state index contributed by atoms with van der Waals surface area (Å²) in [4.78, 5) is 24.7. The number of amides is 1. The summed E-state index contributed by atoms with van der Waals surface area (Å²) in [6.07, 6.45) is 0.